The normalized spacial score (nSPS) is 11.7. The molecule has 18 heavy (non-hydrogen) atoms. The Hall–Kier alpha value is -2.02. The average Bonchev–Trinajstić information content (AvgIpc) is 2.36. The number of ether oxygens (including phenoxy) is 1. The first kappa shape index (κ1) is 14.0. The number of carbonyl (C=O) groups excluding carboxylic acids is 1. The number of alkyl carbamates (subject to hydrolysis) is 1. The van der Waals surface area contributed by atoms with E-state index in [-0.39, 0.29) is 6.61 Å². The van der Waals surface area contributed by atoms with E-state index in [4.69, 9.17) is 10.00 Å². The zero-order valence-electron chi connectivity index (χ0n) is 10.7. The number of hydrogen-bond donors (Lipinski definition) is 1. The molecule has 0 bridgehead atoms. The Morgan fingerprint density at radius 3 is 2.61 bits per heavy atom. The summed E-state index contributed by atoms with van der Waals surface area (Å²) in [5.74, 6) is 0.351. The van der Waals surface area contributed by atoms with Crippen LogP contribution in [0.2, 0.25) is 0 Å². The summed E-state index contributed by atoms with van der Waals surface area (Å²) in [4.78, 5) is 11.5. The van der Waals surface area contributed by atoms with Gasteiger partial charge >= 0.3 is 6.09 Å². The molecule has 4 heteroatoms. The van der Waals surface area contributed by atoms with Gasteiger partial charge in [0.15, 0.2) is 0 Å². The van der Waals surface area contributed by atoms with E-state index in [1.54, 1.807) is 0 Å². The molecule has 4 nitrogen and oxygen atoms in total. The summed E-state index contributed by atoms with van der Waals surface area (Å²) in [6.45, 7) is 4.22. The van der Waals surface area contributed by atoms with Crippen LogP contribution < -0.4 is 5.32 Å². The Balaban J connectivity index is 2.35. The second-order valence-electron chi connectivity index (χ2n) is 4.52. The van der Waals surface area contributed by atoms with E-state index < -0.39 is 12.1 Å². The zero-order valence-corrected chi connectivity index (χ0v) is 10.7. The molecule has 0 aliphatic heterocycles. The Morgan fingerprint density at radius 1 is 1.39 bits per heavy atom. The number of nitrogens with zero attached hydrogens (tertiary/aromatic N) is 1. The molecule has 0 spiro atoms. The lowest BCUT2D eigenvalue weighted by molar-refractivity contribution is 0.137. The third-order valence-electron chi connectivity index (χ3n) is 2.37. The van der Waals surface area contributed by atoms with Crippen molar-refractivity contribution in [2.45, 2.75) is 32.9 Å². The van der Waals surface area contributed by atoms with Crippen LogP contribution in [0.5, 0.6) is 0 Å². The fourth-order valence-electron chi connectivity index (χ4n) is 1.52. The third kappa shape index (κ3) is 5.35. The minimum atomic E-state index is -0.550. The Bertz CT molecular complexity index is 410. The molecule has 1 aromatic rings. The Labute approximate surface area is 108 Å². The van der Waals surface area contributed by atoms with E-state index in [9.17, 15) is 4.79 Å². The van der Waals surface area contributed by atoms with Gasteiger partial charge in [-0.3, -0.25) is 0 Å². The van der Waals surface area contributed by atoms with Gasteiger partial charge in [0.1, 0.15) is 12.6 Å². The summed E-state index contributed by atoms with van der Waals surface area (Å²) < 4.78 is 5.04. The van der Waals surface area contributed by atoms with E-state index in [1.165, 1.54) is 0 Å². The topological polar surface area (TPSA) is 62.1 Å². The van der Waals surface area contributed by atoms with E-state index in [2.05, 4.69) is 11.4 Å². The van der Waals surface area contributed by atoms with Crippen LogP contribution in [0, 0.1) is 17.2 Å². The quantitative estimate of drug-likeness (QED) is 0.869. The summed E-state index contributed by atoms with van der Waals surface area (Å²) in [6.07, 6.45) is 0.0720. The highest BCUT2D eigenvalue weighted by Crippen LogP contribution is 2.05. The van der Waals surface area contributed by atoms with Crippen molar-refractivity contribution in [3.63, 3.8) is 0 Å². The van der Waals surface area contributed by atoms with Gasteiger partial charge in [0, 0.05) is 0 Å². The van der Waals surface area contributed by atoms with Crippen LogP contribution in [0.25, 0.3) is 0 Å². The number of nitrogens with one attached hydrogen (secondary N) is 1. The standard InChI is InChI=1S/C14H18N2O2/c1-11(2)8-13(9-15)16-14(17)18-10-12-6-4-3-5-7-12/h3-7,11,13H,8,10H2,1-2H3,(H,16,17). The highest BCUT2D eigenvalue weighted by molar-refractivity contribution is 5.68. The zero-order chi connectivity index (χ0) is 13.4. The molecule has 0 aromatic heterocycles. The fraction of sp³-hybridized carbons (Fsp3) is 0.429. The number of carbonyl (C=O) groups is 1. The lowest BCUT2D eigenvalue weighted by Gasteiger charge is -2.13. The maximum Gasteiger partial charge on any atom is 0.408 e. The summed E-state index contributed by atoms with van der Waals surface area (Å²) in [6, 6.07) is 11.0. The van der Waals surface area contributed by atoms with Gasteiger partial charge in [-0.05, 0) is 17.9 Å². The molecular formula is C14H18N2O2. The van der Waals surface area contributed by atoms with Gasteiger partial charge in [-0.25, -0.2) is 4.79 Å². The van der Waals surface area contributed by atoms with Crippen LogP contribution in [0.3, 0.4) is 0 Å². The molecule has 0 saturated carbocycles. The molecule has 0 heterocycles. The van der Waals surface area contributed by atoms with Crippen molar-refractivity contribution >= 4 is 6.09 Å². The first-order chi connectivity index (χ1) is 8.61. The second kappa shape index (κ2) is 7.33. The molecule has 1 atom stereocenters. The van der Waals surface area contributed by atoms with Gasteiger partial charge in [0.05, 0.1) is 6.07 Å². The Morgan fingerprint density at radius 2 is 2.06 bits per heavy atom. The van der Waals surface area contributed by atoms with Crippen LogP contribution in [-0.2, 0) is 11.3 Å². The van der Waals surface area contributed by atoms with Crippen molar-refractivity contribution in [1.29, 1.82) is 5.26 Å². The predicted octanol–water partition coefficient (Wildman–Crippen LogP) is 2.85. The molecule has 1 aromatic carbocycles. The average molecular weight is 246 g/mol. The maximum atomic E-state index is 11.5. The minimum Gasteiger partial charge on any atom is -0.445 e. The largest absolute Gasteiger partial charge is 0.445 e. The van der Waals surface area contributed by atoms with Gasteiger partial charge in [-0.1, -0.05) is 44.2 Å². The van der Waals surface area contributed by atoms with Gasteiger partial charge in [-0.15, -0.1) is 0 Å². The SMILES string of the molecule is CC(C)CC(C#N)NC(=O)OCc1ccccc1. The van der Waals surface area contributed by atoms with Crippen molar-refractivity contribution < 1.29 is 9.53 Å². The van der Waals surface area contributed by atoms with Crippen LogP contribution in [-0.4, -0.2) is 12.1 Å². The van der Waals surface area contributed by atoms with Crippen molar-refractivity contribution in [2.24, 2.45) is 5.92 Å². The molecule has 1 unspecified atom stereocenters. The molecule has 1 amide bonds. The fourth-order valence-corrected chi connectivity index (χ4v) is 1.52. The molecule has 0 aliphatic carbocycles. The van der Waals surface area contributed by atoms with Gasteiger partial charge < -0.3 is 10.1 Å². The third-order valence-corrected chi connectivity index (χ3v) is 2.37. The molecule has 0 saturated heterocycles. The van der Waals surface area contributed by atoms with E-state index in [0.717, 1.165) is 5.56 Å². The molecule has 0 fully saturated rings. The molecular weight excluding hydrogens is 228 g/mol. The molecule has 0 aliphatic rings. The number of hydrogen-bond acceptors (Lipinski definition) is 3. The highest BCUT2D eigenvalue weighted by atomic mass is 16.5. The van der Waals surface area contributed by atoms with Crippen molar-refractivity contribution in [3.05, 3.63) is 35.9 Å². The highest BCUT2D eigenvalue weighted by Gasteiger charge is 2.13. The Kier molecular flexibility index (Phi) is 5.72. The monoisotopic (exact) mass is 246 g/mol. The van der Waals surface area contributed by atoms with Crippen LogP contribution in [0.4, 0.5) is 4.79 Å². The molecule has 0 radical (unpaired) electrons. The summed E-state index contributed by atoms with van der Waals surface area (Å²) >= 11 is 0. The number of nitriles is 1. The molecule has 1 rings (SSSR count). The van der Waals surface area contributed by atoms with Gasteiger partial charge in [0.2, 0.25) is 0 Å². The van der Waals surface area contributed by atoms with Crippen molar-refractivity contribution in [1.82, 2.24) is 5.32 Å². The van der Waals surface area contributed by atoms with Gasteiger partial charge in [-0.2, -0.15) is 5.26 Å². The van der Waals surface area contributed by atoms with E-state index >= 15 is 0 Å². The summed E-state index contributed by atoms with van der Waals surface area (Å²) in [5, 5.41) is 11.4. The first-order valence-electron chi connectivity index (χ1n) is 5.98. The maximum absolute atomic E-state index is 11.5. The predicted molar refractivity (Wildman–Crippen MR) is 68.6 cm³/mol. The van der Waals surface area contributed by atoms with E-state index in [1.807, 2.05) is 44.2 Å². The van der Waals surface area contributed by atoms with Crippen molar-refractivity contribution in [3.8, 4) is 6.07 Å². The second-order valence-corrected chi connectivity index (χ2v) is 4.52. The van der Waals surface area contributed by atoms with Crippen LogP contribution >= 0.6 is 0 Å². The van der Waals surface area contributed by atoms with Gasteiger partial charge in [0.25, 0.3) is 0 Å². The molecule has 96 valence electrons. The summed E-state index contributed by atoms with van der Waals surface area (Å²) in [7, 11) is 0. The number of rotatable bonds is 5. The summed E-state index contributed by atoms with van der Waals surface area (Å²) in [5.41, 5.74) is 0.921. The lowest BCUT2D eigenvalue weighted by atomic mass is 10.1. The number of benzene rings is 1. The first-order valence-corrected chi connectivity index (χ1v) is 5.98. The van der Waals surface area contributed by atoms with E-state index in [0.29, 0.717) is 12.3 Å². The van der Waals surface area contributed by atoms with Crippen LogP contribution in [0.15, 0.2) is 30.3 Å². The molecule has 1 N–H and O–H groups in total. The minimum absolute atomic E-state index is 0.215. The van der Waals surface area contributed by atoms with Crippen molar-refractivity contribution in [2.75, 3.05) is 0 Å². The van der Waals surface area contributed by atoms with Crippen LogP contribution in [0.1, 0.15) is 25.8 Å². The smallest absolute Gasteiger partial charge is 0.408 e. The lowest BCUT2D eigenvalue weighted by Crippen LogP contribution is -2.35. The number of amides is 1.